The van der Waals surface area contributed by atoms with E-state index in [9.17, 15) is 4.79 Å². The Bertz CT molecular complexity index is 700. The van der Waals surface area contributed by atoms with Gasteiger partial charge in [0.15, 0.2) is 5.17 Å². The zero-order valence-corrected chi connectivity index (χ0v) is 14.8. The van der Waals surface area contributed by atoms with Crippen LogP contribution in [-0.4, -0.2) is 40.9 Å². The SMILES string of the molecule is CC1C=CCC(NC(=O)c2cccc(C3CN4CCSC4=N3)c2)C1. The first-order chi connectivity index (χ1) is 11.7. The Hall–Kier alpha value is -1.75. The predicted molar refractivity (Wildman–Crippen MR) is 99.4 cm³/mol. The highest BCUT2D eigenvalue weighted by molar-refractivity contribution is 8.14. The fourth-order valence-corrected chi connectivity index (χ4v) is 4.70. The van der Waals surface area contributed by atoms with Gasteiger partial charge in [0.1, 0.15) is 0 Å². The summed E-state index contributed by atoms with van der Waals surface area (Å²) in [4.78, 5) is 19.8. The van der Waals surface area contributed by atoms with Crippen LogP contribution in [0.1, 0.15) is 41.7 Å². The fourth-order valence-electron chi connectivity index (χ4n) is 3.66. The molecule has 3 unspecified atom stereocenters. The molecule has 1 aromatic rings. The second-order valence-corrected chi connectivity index (χ2v) is 7.96. The molecule has 3 aliphatic rings. The normalized spacial score (nSPS) is 28.6. The fraction of sp³-hybridized carbons (Fsp3) is 0.474. The third-order valence-electron chi connectivity index (χ3n) is 4.93. The van der Waals surface area contributed by atoms with Crippen molar-refractivity contribution >= 4 is 22.8 Å². The Morgan fingerprint density at radius 1 is 1.42 bits per heavy atom. The molecule has 1 fully saturated rings. The van der Waals surface area contributed by atoms with Crippen LogP contribution in [0, 0.1) is 5.92 Å². The number of thioether (sulfide) groups is 1. The molecular formula is C19H23N3OS. The van der Waals surface area contributed by atoms with Gasteiger partial charge in [-0.1, -0.05) is 43.0 Å². The molecule has 24 heavy (non-hydrogen) atoms. The summed E-state index contributed by atoms with van der Waals surface area (Å²) in [6.07, 6.45) is 6.35. The van der Waals surface area contributed by atoms with Crippen LogP contribution in [0.2, 0.25) is 0 Å². The summed E-state index contributed by atoms with van der Waals surface area (Å²) in [7, 11) is 0. The van der Waals surface area contributed by atoms with Crippen molar-refractivity contribution in [1.29, 1.82) is 0 Å². The number of hydrogen-bond donors (Lipinski definition) is 1. The van der Waals surface area contributed by atoms with Crippen LogP contribution in [0.25, 0.3) is 0 Å². The average Bonchev–Trinajstić information content (AvgIpc) is 3.16. The molecule has 2 heterocycles. The number of allylic oxidation sites excluding steroid dienone is 1. The first-order valence-corrected chi connectivity index (χ1v) is 9.70. The van der Waals surface area contributed by atoms with Crippen LogP contribution >= 0.6 is 11.8 Å². The van der Waals surface area contributed by atoms with E-state index in [1.165, 1.54) is 0 Å². The number of carbonyl (C=O) groups excluding carboxylic acids is 1. The lowest BCUT2D eigenvalue weighted by Crippen LogP contribution is -2.36. The number of rotatable bonds is 3. The first-order valence-electron chi connectivity index (χ1n) is 8.72. The summed E-state index contributed by atoms with van der Waals surface area (Å²) in [5.41, 5.74) is 1.89. The van der Waals surface area contributed by atoms with Gasteiger partial charge in [-0.25, -0.2) is 0 Å². The quantitative estimate of drug-likeness (QED) is 0.859. The molecule has 1 aromatic carbocycles. The monoisotopic (exact) mass is 341 g/mol. The molecule has 0 spiro atoms. The third kappa shape index (κ3) is 3.22. The van der Waals surface area contributed by atoms with Crippen LogP contribution < -0.4 is 5.32 Å². The number of fused-ring (bicyclic) bond motifs is 1. The lowest BCUT2D eigenvalue weighted by molar-refractivity contribution is 0.0932. The van der Waals surface area contributed by atoms with Crippen LogP contribution in [-0.2, 0) is 0 Å². The van der Waals surface area contributed by atoms with Crippen molar-refractivity contribution in [2.75, 3.05) is 18.8 Å². The van der Waals surface area contributed by atoms with Gasteiger partial charge in [-0.05, 0) is 36.5 Å². The van der Waals surface area contributed by atoms with Crippen LogP contribution in [0.3, 0.4) is 0 Å². The topological polar surface area (TPSA) is 44.7 Å². The largest absolute Gasteiger partial charge is 0.349 e. The molecule has 1 aliphatic carbocycles. The molecule has 5 heteroatoms. The van der Waals surface area contributed by atoms with Gasteiger partial charge in [-0.2, -0.15) is 0 Å². The molecule has 2 aliphatic heterocycles. The number of nitrogens with one attached hydrogen (secondary N) is 1. The van der Waals surface area contributed by atoms with Gasteiger partial charge in [0, 0.05) is 30.4 Å². The Kier molecular flexibility index (Phi) is 4.35. The number of benzene rings is 1. The van der Waals surface area contributed by atoms with E-state index < -0.39 is 0 Å². The molecule has 1 saturated heterocycles. The average molecular weight is 341 g/mol. The molecule has 0 radical (unpaired) electrons. The van der Waals surface area contributed by atoms with Gasteiger partial charge in [0.05, 0.1) is 6.04 Å². The summed E-state index contributed by atoms with van der Waals surface area (Å²) in [5, 5.41) is 4.35. The van der Waals surface area contributed by atoms with Crippen molar-refractivity contribution in [3.05, 3.63) is 47.5 Å². The number of aliphatic imine (C=N–C) groups is 1. The van der Waals surface area contributed by atoms with Crippen LogP contribution in [0.5, 0.6) is 0 Å². The van der Waals surface area contributed by atoms with E-state index >= 15 is 0 Å². The Morgan fingerprint density at radius 3 is 3.17 bits per heavy atom. The molecule has 0 saturated carbocycles. The smallest absolute Gasteiger partial charge is 0.251 e. The van der Waals surface area contributed by atoms with Gasteiger partial charge in [-0.15, -0.1) is 0 Å². The van der Waals surface area contributed by atoms with Crippen molar-refractivity contribution in [2.24, 2.45) is 10.9 Å². The molecular weight excluding hydrogens is 318 g/mol. The second-order valence-electron chi connectivity index (χ2n) is 6.89. The second kappa shape index (κ2) is 6.63. The van der Waals surface area contributed by atoms with Crippen molar-refractivity contribution < 1.29 is 4.79 Å². The van der Waals surface area contributed by atoms with E-state index in [4.69, 9.17) is 4.99 Å². The van der Waals surface area contributed by atoms with Crippen molar-refractivity contribution in [3.63, 3.8) is 0 Å². The molecule has 3 atom stereocenters. The molecule has 4 rings (SSSR count). The minimum absolute atomic E-state index is 0.0323. The summed E-state index contributed by atoms with van der Waals surface area (Å²) in [6, 6.07) is 8.39. The highest BCUT2D eigenvalue weighted by Gasteiger charge is 2.30. The van der Waals surface area contributed by atoms with E-state index in [1.807, 2.05) is 30.0 Å². The minimum Gasteiger partial charge on any atom is -0.349 e. The van der Waals surface area contributed by atoms with E-state index in [1.54, 1.807) is 0 Å². The standard InChI is InChI=1S/C19H23N3OS/c1-13-4-2-7-16(10-13)20-18(23)15-6-3-5-14(11-15)17-12-22-8-9-24-19(22)21-17/h2-6,11,13,16-17H,7-10,12H2,1H3,(H,20,23). The minimum atomic E-state index is 0.0323. The van der Waals surface area contributed by atoms with Gasteiger partial charge < -0.3 is 10.2 Å². The van der Waals surface area contributed by atoms with Gasteiger partial charge in [-0.3, -0.25) is 9.79 Å². The molecule has 4 nitrogen and oxygen atoms in total. The number of amides is 1. The molecule has 1 amide bonds. The molecule has 1 N–H and O–H groups in total. The van der Waals surface area contributed by atoms with Crippen molar-refractivity contribution in [3.8, 4) is 0 Å². The maximum absolute atomic E-state index is 12.6. The Labute approximate surface area is 147 Å². The maximum atomic E-state index is 12.6. The zero-order chi connectivity index (χ0) is 16.5. The summed E-state index contributed by atoms with van der Waals surface area (Å²) in [6.45, 7) is 4.23. The van der Waals surface area contributed by atoms with Gasteiger partial charge in [0.25, 0.3) is 5.91 Å². The van der Waals surface area contributed by atoms with Gasteiger partial charge in [0.2, 0.25) is 0 Å². The van der Waals surface area contributed by atoms with E-state index in [0.717, 1.165) is 48.0 Å². The molecule has 0 aromatic heterocycles. The highest BCUT2D eigenvalue weighted by Crippen LogP contribution is 2.32. The van der Waals surface area contributed by atoms with E-state index in [0.29, 0.717) is 5.92 Å². The first kappa shape index (κ1) is 15.8. The lowest BCUT2D eigenvalue weighted by Gasteiger charge is -2.23. The Balaban J connectivity index is 1.45. The summed E-state index contributed by atoms with van der Waals surface area (Å²) >= 11 is 1.84. The van der Waals surface area contributed by atoms with Gasteiger partial charge >= 0.3 is 0 Å². The summed E-state index contributed by atoms with van der Waals surface area (Å²) < 4.78 is 0. The maximum Gasteiger partial charge on any atom is 0.251 e. The van der Waals surface area contributed by atoms with E-state index in [2.05, 4.69) is 35.4 Å². The molecule has 0 bridgehead atoms. The van der Waals surface area contributed by atoms with Crippen LogP contribution in [0.4, 0.5) is 0 Å². The van der Waals surface area contributed by atoms with E-state index in [-0.39, 0.29) is 18.0 Å². The van der Waals surface area contributed by atoms with Crippen molar-refractivity contribution in [1.82, 2.24) is 10.2 Å². The third-order valence-corrected chi connectivity index (χ3v) is 5.94. The number of nitrogens with zero attached hydrogens (tertiary/aromatic N) is 2. The molecule has 126 valence electrons. The summed E-state index contributed by atoms with van der Waals surface area (Å²) in [5.74, 6) is 1.71. The highest BCUT2D eigenvalue weighted by atomic mass is 32.2. The Morgan fingerprint density at radius 2 is 2.33 bits per heavy atom. The number of carbonyl (C=O) groups is 1. The predicted octanol–water partition coefficient (Wildman–Crippen LogP) is 3.23. The van der Waals surface area contributed by atoms with Crippen molar-refractivity contribution in [2.45, 2.75) is 31.8 Å². The lowest BCUT2D eigenvalue weighted by atomic mass is 9.93. The van der Waals surface area contributed by atoms with Crippen LogP contribution in [0.15, 0.2) is 41.4 Å². The number of hydrogen-bond acceptors (Lipinski definition) is 4. The zero-order valence-electron chi connectivity index (χ0n) is 13.9. The number of amidine groups is 1.